The molecule has 19 atom stereocenters. The van der Waals surface area contributed by atoms with E-state index in [1.165, 1.54) is 39.4 Å². The minimum absolute atomic E-state index is 0.0975. The third-order valence-corrected chi connectivity index (χ3v) is 19.7. The molecule has 602 valence electrons. The van der Waals surface area contributed by atoms with Gasteiger partial charge in [-0.05, 0) is 110 Å². The molecule has 8 heterocycles. The van der Waals surface area contributed by atoms with Gasteiger partial charge >= 0.3 is 11.9 Å². The van der Waals surface area contributed by atoms with Crippen molar-refractivity contribution in [1.82, 2.24) is 47.2 Å². The van der Waals surface area contributed by atoms with Crippen LogP contribution in [0.2, 0.25) is 10.0 Å². The second-order valence-corrected chi connectivity index (χ2v) is 28.8. The number of aliphatic carboxylic acids is 2. The van der Waals surface area contributed by atoms with Crippen molar-refractivity contribution in [2.24, 2.45) is 23.1 Å². The predicted octanol–water partition coefficient (Wildman–Crippen LogP) is -0.530. The van der Waals surface area contributed by atoms with Crippen molar-refractivity contribution in [2.75, 3.05) is 13.7 Å². The summed E-state index contributed by atoms with van der Waals surface area (Å²) in [5, 5.41) is 139. The van der Waals surface area contributed by atoms with Gasteiger partial charge in [-0.2, -0.15) is 0 Å². The molecular weight excluding hydrogens is 1520 g/mol. The van der Waals surface area contributed by atoms with Gasteiger partial charge in [-0.25, -0.2) is 9.78 Å². The first-order valence-electron chi connectivity index (χ1n) is 34.8. The molecule has 25 N–H and O–H groups in total. The number of aromatic nitrogens is 2. The second kappa shape index (κ2) is 35.0. The van der Waals surface area contributed by atoms with Gasteiger partial charge in [0.2, 0.25) is 53.4 Å². The zero-order valence-corrected chi connectivity index (χ0v) is 61.7. The molecule has 112 heavy (non-hydrogen) atoms. The number of aliphatic hydroxyl groups excluding tert-OH is 6. The maximum absolute atomic E-state index is 16.0. The van der Waals surface area contributed by atoms with Gasteiger partial charge in [0.1, 0.15) is 95.5 Å². The highest BCUT2D eigenvalue weighted by Crippen LogP contribution is 2.50. The quantitative estimate of drug-likeness (QED) is 0.0579. The number of aliphatic hydroxyl groups is 6. The fourth-order valence-corrected chi connectivity index (χ4v) is 13.7. The number of nitrogens with one attached hydrogen (secondary N) is 8. The number of primary amides is 1. The molecule has 6 aromatic rings. The largest absolute Gasteiger partial charge is 0.508 e. The number of fused-ring (bicyclic) bond motifs is 15. The molecule has 0 spiro atoms. The summed E-state index contributed by atoms with van der Waals surface area (Å²) in [6.07, 6.45) is -15.2. The third-order valence-electron chi connectivity index (χ3n) is 19.1. The summed E-state index contributed by atoms with van der Waals surface area (Å²) in [7, 11) is 1.47. The molecule has 1 unspecified atom stereocenters. The highest BCUT2D eigenvalue weighted by atomic mass is 35.5. The zero-order chi connectivity index (χ0) is 81.8. The Balaban J connectivity index is 0.00000111. The lowest BCUT2D eigenvalue weighted by Crippen LogP contribution is -2.64. The first-order chi connectivity index (χ1) is 52.9. The van der Waals surface area contributed by atoms with Crippen LogP contribution in [0.25, 0.3) is 11.1 Å². The number of hydrogen-bond donors (Lipinski definition) is 22. The Bertz CT molecular complexity index is 4560. The minimum Gasteiger partial charge on any atom is -0.508 e. The number of carboxylic acids is 2. The molecular formula is C72H84Cl2N12O26. The summed E-state index contributed by atoms with van der Waals surface area (Å²) in [6.45, 7) is 5.66. The van der Waals surface area contributed by atoms with E-state index in [2.05, 4.69) is 47.2 Å². The molecule has 5 aromatic carbocycles. The number of carbonyl (C=O) groups is 9. The second-order valence-electron chi connectivity index (χ2n) is 27.9. The SMILES string of the molecule is CN[C@H](CC(C)C)C(=O)N[C@H]1C(=O)N[C@@H](CC(N)=O)C(=O)N[C@H]2C(=O)N[C@H]3C(=O)N[C@H](C(=O)N[C@@H](C(=O)O)c4cc(O)cc(O)c4-c4cc3ccc4O)[C@H](O)c3ccc(c(Cl)c3)Oc3cc2cc(c3O[C@@H]2O[C@H](CO)[C@@H](O)[C@H](O)[C@H]2O[C@H]2C[C@](C)(N)C(O)[C@H](C)O2)Oc2ccc(cc2Cl)[C@H]1O.N[C@@H](Cc1cnc[nH]1)C(=O)O. The van der Waals surface area contributed by atoms with Crippen LogP contribution in [-0.2, 0) is 63.8 Å². The molecule has 7 aliphatic rings. The Morgan fingerprint density at radius 2 is 1.35 bits per heavy atom. The van der Waals surface area contributed by atoms with Crippen molar-refractivity contribution in [3.8, 4) is 57.1 Å². The maximum atomic E-state index is 16.0. The third kappa shape index (κ3) is 18.8. The van der Waals surface area contributed by atoms with E-state index >= 15 is 14.4 Å². The number of ether oxygens (including phenoxy) is 6. The summed E-state index contributed by atoms with van der Waals surface area (Å²) >= 11 is 14.1. The van der Waals surface area contributed by atoms with E-state index in [0.717, 1.165) is 72.4 Å². The van der Waals surface area contributed by atoms with Crippen molar-refractivity contribution in [3.63, 3.8) is 0 Å². The van der Waals surface area contributed by atoms with E-state index in [1.807, 2.05) is 13.8 Å². The lowest BCUT2D eigenvalue weighted by molar-refractivity contribution is -0.333. The minimum atomic E-state index is -2.35. The average molecular weight is 1600 g/mol. The summed E-state index contributed by atoms with van der Waals surface area (Å²) in [5.74, 6) is -17.0. The normalized spacial score (nSPS) is 27.8. The Hall–Kier alpha value is -10.6. The Kier molecular flexibility index (Phi) is 26.2. The number of hydrogen-bond acceptors (Lipinski definition) is 28. The van der Waals surface area contributed by atoms with Gasteiger partial charge in [0.15, 0.2) is 29.9 Å². The summed E-state index contributed by atoms with van der Waals surface area (Å²) in [4.78, 5) is 134. The first-order valence-corrected chi connectivity index (χ1v) is 35.5. The number of amides is 7. The molecule has 38 nitrogen and oxygen atoms in total. The highest BCUT2D eigenvalue weighted by molar-refractivity contribution is 6.32. The molecule has 13 rings (SSSR count). The van der Waals surface area contributed by atoms with Crippen LogP contribution in [0.15, 0.2) is 91.4 Å². The van der Waals surface area contributed by atoms with E-state index in [1.54, 1.807) is 6.20 Å². The van der Waals surface area contributed by atoms with Crippen LogP contribution in [-0.4, -0.2) is 218 Å². The molecule has 7 amide bonds. The summed E-state index contributed by atoms with van der Waals surface area (Å²) in [6, 6.07) is -1.53. The number of benzene rings is 5. The molecule has 0 radical (unpaired) electrons. The van der Waals surface area contributed by atoms with Gasteiger partial charge < -0.3 is 144 Å². The lowest BCUT2D eigenvalue weighted by atomic mass is 9.86. The van der Waals surface area contributed by atoms with E-state index in [-0.39, 0.29) is 52.6 Å². The molecule has 0 aliphatic carbocycles. The van der Waals surface area contributed by atoms with Crippen molar-refractivity contribution in [1.29, 1.82) is 0 Å². The van der Waals surface area contributed by atoms with Gasteiger partial charge in [-0.1, -0.05) is 55.2 Å². The van der Waals surface area contributed by atoms with Crippen molar-refractivity contribution >= 4 is 76.5 Å². The number of nitrogens with zero attached hydrogens (tertiary/aromatic N) is 1. The van der Waals surface area contributed by atoms with Crippen LogP contribution >= 0.6 is 23.2 Å². The van der Waals surface area contributed by atoms with Gasteiger partial charge in [0.05, 0.1) is 47.7 Å². The number of phenols is 3. The highest BCUT2D eigenvalue weighted by Gasteiger charge is 2.52. The number of likely N-dealkylation sites (N-methyl/N-ethyl adjacent to an activating group) is 1. The molecule has 7 aliphatic heterocycles. The Labute approximate surface area is 646 Å². The average Bonchev–Trinajstić information content (AvgIpc) is 0.850. The van der Waals surface area contributed by atoms with E-state index in [9.17, 15) is 79.8 Å². The van der Waals surface area contributed by atoms with E-state index in [0.29, 0.717) is 0 Å². The number of halogens is 2. The van der Waals surface area contributed by atoms with Crippen molar-refractivity contribution in [2.45, 2.75) is 169 Å². The number of imidazole rings is 1. The zero-order valence-electron chi connectivity index (χ0n) is 60.1. The number of carbonyl (C=O) groups excluding carboxylic acids is 7. The number of aromatic amines is 1. The predicted molar refractivity (Wildman–Crippen MR) is 387 cm³/mol. The fourth-order valence-electron chi connectivity index (χ4n) is 13.2. The Morgan fingerprint density at radius 3 is 1.92 bits per heavy atom. The molecule has 2 saturated heterocycles. The van der Waals surface area contributed by atoms with E-state index < -0.39 is 249 Å². The van der Waals surface area contributed by atoms with Gasteiger partial charge in [-0.15, -0.1) is 0 Å². The fraction of sp³-hybridized carbons (Fsp3) is 0.417. The van der Waals surface area contributed by atoms with Crippen molar-refractivity contribution < 1.29 is 128 Å². The number of aromatic hydroxyl groups is 3. The standard InChI is InChI=1S/C66H75Cl2N9O24.C6H9N3O2/c1-23(2)12-34(71-5)58(88)76-49-51(83)26-7-10-38(32(67)14-26)97-40-16-28-17-41(55(40)101-65-56(54(86)53(85)42(22-78)99-65)100-44-21-66(4,70)57(87)24(3)96-44)98-39-11-8-27(15-33(39)68)52(84)50-63(93)75-48(64(94)95)31-18-29(79)19-37(81)45(31)30-13-25(6-9-36(30)80)46(60(90)77-50)74-61(91)47(28)73-59(89)35(20-43(69)82)72-62(49)92;7-5(6(10)11)1-4-2-8-3-9-4/h6-11,13-19,23-24,34-35,42,44,46-54,56-57,65,71,78-81,83-87H,12,20-22,70H2,1-5H3,(H2,69,82)(H,72,92)(H,73,89)(H,74,91)(H,75,93)(H,76,88)(H,77,90)(H,94,95);2-3,5H,1,7H2,(H,8,9)(H,10,11)/t24-,34+,35-,42+,44-,46+,47+,48+,49+,50-,51+,52+,53+,54-,56+,57?,65-,66-;5-/m00/s1. The molecule has 0 saturated carbocycles. The molecule has 40 heteroatoms. The van der Waals surface area contributed by atoms with Gasteiger partial charge in [0.25, 0.3) is 0 Å². The molecule has 1 aromatic heterocycles. The number of nitrogens with two attached hydrogens (primary N) is 3. The number of rotatable bonds is 16. The lowest BCUT2D eigenvalue weighted by Gasteiger charge is -2.47. The molecule has 11 bridgehead atoms. The summed E-state index contributed by atoms with van der Waals surface area (Å²) in [5.41, 5.74) is 14.0. The smallest absolute Gasteiger partial charge is 0.330 e. The van der Waals surface area contributed by atoms with Crippen LogP contribution in [0.4, 0.5) is 0 Å². The number of phenolic OH excluding ortho intramolecular Hbond substituents is 3. The van der Waals surface area contributed by atoms with Crippen LogP contribution in [0.1, 0.15) is 111 Å². The van der Waals surface area contributed by atoms with Crippen molar-refractivity contribution in [3.05, 3.63) is 135 Å². The maximum Gasteiger partial charge on any atom is 0.330 e. The van der Waals surface area contributed by atoms with E-state index in [4.69, 9.17) is 73.9 Å². The molecule has 2 fully saturated rings. The topological polar surface area (TPSA) is 622 Å². The van der Waals surface area contributed by atoms with Crippen LogP contribution in [0.3, 0.4) is 0 Å². The monoisotopic (exact) mass is 1600 g/mol. The number of H-pyrrole nitrogens is 1. The first kappa shape index (κ1) is 83.9. The van der Waals surface area contributed by atoms with Crippen LogP contribution < -0.4 is 68.6 Å². The van der Waals surface area contributed by atoms with Gasteiger partial charge in [0, 0.05) is 53.0 Å². The van der Waals surface area contributed by atoms with Crippen LogP contribution in [0.5, 0.6) is 46.0 Å². The summed E-state index contributed by atoms with van der Waals surface area (Å²) < 4.78 is 38.3. The Morgan fingerprint density at radius 1 is 0.732 bits per heavy atom. The van der Waals surface area contributed by atoms with Gasteiger partial charge in [-0.3, -0.25) is 38.4 Å². The van der Waals surface area contributed by atoms with Crippen LogP contribution in [0, 0.1) is 5.92 Å². The number of carboxylic acid groups (broad SMARTS) is 2.